The molecule has 3 fully saturated rings. The molecule has 3 saturated heterocycles. The fourth-order valence-electron chi connectivity index (χ4n) is 3.59. The van der Waals surface area contributed by atoms with E-state index in [0.717, 1.165) is 44.6 Å². The molecule has 2 aromatic rings. The van der Waals surface area contributed by atoms with E-state index in [0.29, 0.717) is 11.3 Å². The zero-order valence-electron chi connectivity index (χ0n) is 13.2. The lowest BCUT2D eigenvalue weighted by molar-refractivity contribution is -0.274. The minimum atomic E-state index is -4.77. The van der Waals surface area contributed by atoms with Crippen LogP contribution in [0.5, 0.6) is 5.75 Å². The Morgan fingerprint density at radius 3 is 2.68 bits per heavy atom. The number of hydrogen-bond acceptors (Lipinski definition) is 5. The van der Waals surface area contributed by atoms with Crippen LogP contribution in [0.15, 0.2) is 18.2 Å². The van der Waals surface area contributed by atoms with Crippen molar-refractivity contribution in [3.05, 3.63) is 23.9 Å². The quantitative estimate of drug-likeness (QED) is 0.858. The lowest BCUT2D eigenvalue weighted by Gasteiger charge is -2.43. The molecule has 0 saturated carbocycles. The Kier molecular flexibility index (Phi) is 3.82. The van der Waals surface area contributed by atoms with E-state index in [-0.39, 0.29) is 23.1 Å². The zero-order valence-corrected chi connectivity index (χ0v) is 13.2. The largest absolute Gasteiger partial charge is 0.573 e. The Morgan fingerprint density at radius 2 is 2.04 bits per heavy atom. The Labute approximate surface area is 140 Å². The number of esters is 1. The Hall–Kier alpha value is -2.29. The van der Waals surface area contributed by atoms with Crippen LogP contribution in [0.4, 0.5) is 13.2 Å². The van der Waals surface area contributed by atoms with Gasteiger partial charge < -0.3 is 9.47 Å². The SMILES string of the molecule is O=C(OC1CN2CCC1CC2)c1n[nH]c2cc(OC(F)(F)F)ccc12. The van der Waals surface area contributed by atoms with Crippen LogP contribution >= 0.6 is 0 Å². The minimum absolute atomic E-state index is 0.0741. The van der Waals surface area contributed by atoms with Crippen LogP contribution < -0.4 is 4.74 Å². The molecule has 0 aliphatic carbocycles. The lowest BCUT2D eigenvalue weighted by Crippen LogP contribution is -2.51. The van der Waals surface area contributed by atoms with Crippen molar-refractivity contribution < 1.29 is 27.4 Å². The summed E-state index contributed by atoms with van der Waals surface area (Å²) < 4.78 is 46.3. The smallest absolute Gasteiger partial charge is 0.456 e. The van der Waals surface area contributed by atoms with Gasteiger partial charge in [0.15, 0.2) is 5.69 Å². The molecule has 25 heavy (non-hydrogen) atoms. The van der Waals surface area contributed by atoms with E-state index in [1.807, 2.05) is 0 Å². The second-order valence-electron chi connectivity index (χ2n) is 6.41. The molecule has 0 spiro atoms. The molecular formula is C16H16F3N3O3. The number of aromatic amines is 1. The van der Waals surface area contributed by atoms with Crippen molar-refractivity contribution in [2.24, 2.45) is 5.92 Å². The lowest BCUT2D eigenvalue weighted by atomic mass is 9.86. The predicted molar refractivity (Wildman–Crippen MR) is 81.1 cm³/mol. The van der Waals surface area contributed by atoms with Gasteiger partial charge in [0.1, 0.15) is 11.9 Å². The number of fused-ring (bicyclic) bond motifs is 4. The third-order valence-electron chi connectivity index (χ3n) is 4.82. The Morgan fingerprint density at radius 1 is 1.28 bits per heavy atom. The zero-order chi connectivity index (χ0) is 17.6. The summed E-state index contributed by atoms with van der Waals surface area (Å²) in [5.74, 6) is -0.568. The average molecular weight is 355 g/mol. The van der Waals surface area contributed by atoms with Gasteiger partial charge in [-0.15, -0.1) is 13.2 Å². The molecule has 3 aliphatic rings. The van der Waals surface area contributed by atoms with Gasteiger partial charge in [-0.1, -0.05) is 0 Å². The first-order chi connectivity index (χ1) is 11.9. The van der Waals surface area contributed by atoms with Crippen LogP contribution in [-0.4, -0.2) is 53.2 Å². The summed E-state index contributed by atoms with van der Waals surface area (Å²) in [7, 11) is 0. The molecule has 134 valence electrons. The first-order valence-corrected chi connectivity index (χ1v) is 8.06. The highest BCUT2D eigenvalue weighted by Crippen LogP contribution is 2.31. The number of H-pyrrole nitrogens is 1. The van der Waals surface area contributed by atoms with Crippen molar-refractivity contribution in [3.63, 3.8) is 0 Å². The Balaban J connectivity index is 1.52. The van der Waals surface area contributed by atoms with Gasteiger partial charge in [-0.3, -0.25) is 10.00 Å². The summed E-state index contributed by atoms with van der Waals surface area (Å²) in [5.41, 5.74) is 0.354. The van der Waals surface area contributed by atoms with Crippen molar-refractivity contribution in [1.29, 1.82) is 0 Å². The minimum Gasteiger partial charge on any atom is -0.456 e. The van der Waals surface area contributed by atoms with Crippen molar-refractivity contribution in [2.75, 3.05) is 19.6 Å². The van der Waals surface area contributed by atoms with Crippen molar-refractivity contribution in [1.82, 2.24) is 15.1 Å². The molecule has 0 radical (unpaired) electrons. The van der Waals surface area contributed by atoms with Gasteiger partial charge in [0.2, 0.25) is 0 Å². The maximum Gasteiger partial charge on any atom is 0.573 e. The van der Waals surface area contributed by atoms with Crippen LogP contribution in [0.2, 0.25) is 0 Å². The van der Waals surface area contributed by atoms with Gasteiger partial charge in [0, 0.05) is 18.0 Å². The topological polar surface area (TPSA) is 67.5 Å². The summed E-state index contributed by atoms with van der Waals surface area (Å²) in [6.07, 6.45) is -2.91. The Bertz CT molecular complexity index is 797. The fourth-order valence-corrected chi connectivity index (χ4v) is 3.59. The van der Waals surface area contributed by atoms with E-state index in [2.05, 4.69) is 19.8 Å². The number of ether oxygens (including phenoxy) is 2. The number of hydrogen-bond donors (Lipinski definition) is 1. The molecule has 4 heterocycles. The third-order valence-corrected chi connectivity index (χ3v) is 4.82. The molecule has 2 bridgehead atoms. The number of benzene rings is 1. The summed E-state index contributed by atoms with van der Waals surface area (Å²) >= 11 is 0. The van der Waals surface area contributed by atoms with Gasteiger partial charge in [-0.05, 0) is 44.0 Å². The number of alkyl halides is 3. The van der Waals surface area contributed by atoms with Gasteiger partial charge in [-0.2, -0.15) is 5.10 Å². The number of halogens is 3. The molecule has 1 aromatic heterocycles. The summed E-state index contributed by atoms with van der Waals surface area (Å²) in [6, 6.07) is 3.67. The van der Waals surface area contributed by atoms with Crippen LogP contribution in [0.1, 0.15) is 23.3 Å². The third kappa shape index (κ3) is 3.28. The number of nitrogens with zero attached hydrogens (tertiary/aromatic N) is 2. The molecular weight excluding hydrogens is 339 g/mol. The maximum absolute atomic E-state index is 12.4. The van der Waals surface area contributed by atoms with E-state index in [4.69, 9.17) is 4.74 Å². The highest BCUT2D eigenvalue weighted by molar-refractivity contribution is 6.02. The summed E-state index contributed by atoms with van der Waals surface area (Å²) in [5, 5.41) is 6.87. The van der Waals surface area contributed by atoms with Crippen LogP contribution in [0, 0.1) is 5.92 Å². The number of nitrogens with one attached hydrogen (secondary N) is 1. The number of carbonyl (C=O) groups is 1. The van der Waals surface area contributed by atoms with Crippen molar-refractivity contribution in [2.45, 2.75) is 25.3 Å². The molecule has 3 aliphatic heterocycles. The predicted octanol–water partition coefficient (Wildman–Crippen LogP) is 2.71. The van der Waals surface area contributed by atoms with Crippen molar-refractivity contribution in [3.8, 4) is 5.75 Å². The van der Waals surface area contributed by atoms with E-state index in [1.54, 1.807) is 0 Å². The van der Waals surface area contributed by atoms with E-state index in [9.17, 15) is 18.0 Å². The molecule has 1 atom stereocenters. The highest BCUT2D eigenvalue weighted by atomic mass is 19.4. The fraction of sp³-hybridized carbons (Fsp3) is 0.500. The van der Waals surface area contributed by atoms with Gasteiger partial charge in [-0.25, -0.2) is 4.79 Å². The van der Waals surface area contributed by atoms with E-state index in [1.165, 1.54) is 6.07 Å². The molecule has 1 aromatic carbocycles. The van der Waals surface area contributed by atoms with Gasteiger partial charge in [0.05, 0.1) is 5.52 Å². The van der Waals surface area contributed by atoms with E-state index < -0.39 is 12.3 Å². The summed E-state index contributed by atoms with van der Waals surface area (Å²) in [4.78, 5) is 14.7. The number of rotatable bonds is 3. The maximum atomic E-state index is 12.4. The van der Waals surface area contributed by atoms with Crippen molar-refractivity contribution >= 4 is 16.9 Å². The first kappa shape index (κ1) is 16.2. The monoisotopic (exact) mass is 355 g/mol. The highest BCUT2D eigenvalue weighted by Gasteiger charge is 2.37. The van der Waals surface area contributed by atoms with Crippen LogP contribution in [0.25, 0.3) is 10.9 Å². The number of carbonyl (C=O) groups excluding carboxylic acids is 1. The van der Waals surface area contributed by atoms with Crippen LogP contribution in [0.3, 0.4) is 0 Å². The standard InChI is InChI=1S/C16H16F3N3O3/c17-16(18,19)25-10-1-2-11-12(7-10)20-21-14(11)15(23)24-13-8-22-5-3-9(13)4-6-22/h1-2,7,9,13H,3-6,8H2,(H,20,21). The van der Waals surface area contributed by atoms with Gasteiger partial charge >= 0.3 is 12.3 Å². The second kappa shape index (κ2) is 5.91. The average Bonchev–Trinajstić information content (AvgIpc) is 2.97. The van der Waals surface area contributed by atoms with E-state index >= 15 is 0 Å². The molecule has 0 amide bonds. The number of piperidine rings is 3. The molecule has 1 unspecified atom stereocenters. The molecule has 5 rings (SSSR count). The first-order valence-electron chi connectivity index (χ1n) is 8.06. The molecule has 6 nitrogen and oxygen atoms in total. The van der Waals surface area contributed by atoms with Gasteiger partial charge in [0.25, 0.3) is 0 Å². The second-order valence-corrected chi connectivity index (χ2v) is 6.41. The molecule has 1 N–H and O–H groups in total. The van der Waals surface area contributed by atoms with Crippen LogP contribution in [-0.2, 0) is 4.74 Å². The normalized spacial score (nSPS) is 26.0. The summed E-state index contributed by atoms with van der Waals surface area (Å²) in [6.45, 7) is 2.79. The molecule has 9 heteroatoms. The number of aromatic nitrogens is 2.